The molecule has 204 valence electrons. The molecule has 1 heterocycles. The predicted octanol–water partition coefficient (Wildman–Crippen LogP) is 7.79. The molecule has 0 spiro atoms. The highest BCUT2D eigenvalue weighted by Crippen LogP contribution is 2.47. The van der Waals surface area contributed by atoms with Gasteiger partial charge in [0.15, 0.2) is 0 Å². The average molecular weight is 526 g/mol. The van der Waals surface area contributed by atoms with E-state index in [9.17, 15) is 9.90 Å². The topological polar surface area (TPSA) is 77.2 Å². The van der Waals surface area contributed by atoms with Gasteiger partial charge in [-0.15, -0.1) is 10.2 Å². The molecular formula is C33H39N3O3. The van der Waals surface area contributed by atoms with Crippen LogP contribution in [-0.2, 0) is 15.6 Å². The number of fused-ring (bicyclic) bond motifs is 1. The molecule has 3 aromatic carbocycles. The van der Waals surface area contributed by atoms with Crippen molar-refractivity contribution in [1.82, 2.24) is 15.0 Å². The third-order valence-corrected chi connectivity index (χ3v) is 7.53. The van der Waals surface area contributed by atoms with Crippen LogP contribution < -0.4 is 4.74 Å². The van der Waals surface area contributed by atoms with Gasteiger partial charge < -0.3 is 9.84 Å². The van der Waals surface area contributed by atoms with Crippen LogP contribution in [0.5, 0.6) is 11.5 Å². The molecule has 6 nitrogen and oxygen atoms in total. The van der Waals surface area contributed by atoms with Gasteiger partial charge in [-0.3, -0.25) is 0 Å². The van der Waals surface area contributed by atoms with Crippen LogP contribution in [0.3, 0.4) is 0 Å². The van der Waals surface area contributed by atoms with E-state index in [0.717, 1.165) is 53.5 Å². The number of aromatic hydroxyl groups is 1. The summed E-state index contributed by atoms with van der Waals surface area (Å²) in [5.74, 6) is 0.111. The molecule has 6 heteroatoms. The van der Waals surface area contributed by atoms with E-state index < -0.39 is 11.4 Å². The van der Waals surface area contributed by atoms with E-state index in [1.165, 1.54) is 0 Å². The number of nitrogens with zero attached hydrogens (tertiary/aromatic N) is 3. The number of ether oxygens (including phenoxy) is 1. The number of carbonyl (C=O) groups excluding carboxylic acids is 1. The Bertz CT molecular complexity index is 1480. The van der Waals surface area contributed by atoms with Crippen LogP contribution in [0.2, 0.25) is 0 Å². The highest BCUT2D eigenvalue weighted by atomic mass is 16.5. The van der Waals surface area contributed by atoms with Crippen LogP contribution in [0.25, 0.3) is 16.7 Å². The molecular weight excluding hydrogens is 486 g/mol. The molecule has 0 atom stereocenters. The molecule has 0 saturated heterocycles. The molecule has 4 aromatic rings. The predicted molar refractivity (Wildman–Crippen MR) is 157 cm³/mol. The van der Waals surface area contributed by atoms with E-state index in [0.29, 0.717) is 16.9 Å². The normalized spacial score (nSPS) is 12.1. The third kappa shape index (κ3) is 5.75. The number of unbranched alkanes of at least 4 members (excludes halogenated alkanes) is 2. The van der Waals surface area contributed by atoms with Gasteiger partial charge in [-0.05, 0) is 54.7 Å². The molecule has 0 aliphatic heterocycles. The highest BCUT2D eigenvalue weighted by molar-refractivity contribution is 5.89. The minimum absolute atomic E-state index is 0.213. The van der Waals surface area contributed by atoms with Crippen LogP contribution in [0.4, 0.5) is 0 Å². The number of phenolic OH excluding ortho intramolecular Hbond substituents is 1. The quantitative estimate of drug-likeness (QED) is 0.0989. The lowest BCUT2D eigenvalue weighted by atomic mass is 9.72. The molecule has 1 N–H and O–H groups in total. The van der Waals surface area contributed by atoms with Gasteiger partial charge in [0, 0.05) is 22.1 Å². The molecule has 0 unspecified atom stereocenters. The van der Waals surface area contributed by atoms with Gasteiger partial charge >= 0.3 is 5.97 Å². The maximum atomic E-state index is 12.5. The number of hydrogen-bond acceptors (Lipinski definition) is 5. The number of benzene rings is 3. The van der Waals surface area contributed by atoms with Crippen molar-refractivity contribution in [2.45, 2.75) is 78.1 Å². The number of esters is 1. The van der Waals surface area contributed by atoms with Crippen LogP contribution in [0, 0.1) is 0 Å². The highest BCUT2D eigenvalue weighted by Gasteiger charge is 2.35. The summed E-state index contributed by atoms with van der Waals surface area (Å²) >= 11 is 0. The van der Waals surface area contributed by atoms with E-state index in [-0.39, 0.29) is 11.2 Å². The van der Waals surface area contributed by atoms with Crippen molar-refractivity contribution in [2.75, 3.05) is 0 Å². The minimum Gasteiger partial charge on any atom is -0.507 e. The SMILES string of the molecule is C=C(C)C(=O)Oc1cc(C(C)(C)CCCCC)c(O)c(C(C)(C)c2ccccc2-n2nc3ccccc3n2)c1. The van der Waals surface area contributed by atoms with Crippen LogP contribution >= 0.6 is 0 Å². The lowest BCUT2D eigenvalue weighted by Gasteiger charge is -2.33. The molecule has 0 saturated carbocycles. The van der Waals surface area contributed by atoms with E-state index >= 15 is 0 Å². The largest absolute Gasteiger partial charge is 0.507 e. The Morgan fingerprint density at radius 1 is 0.923 bits per heavy atom. The minimum atomic E-state index is -0.694. The van der Waals surface area contributed by atoms with Gasteiger partial charge in [0.1, 0.15) is 22.5 Å². The Hall–Kier alpha value is -3.93. The van der Waals surface area contributed by atoms with E-state index in [1.54, 1.807) is 23.9 Å². The molecule has 0 aliphatic rings. The third-order valence-electron chi connectivity index (χ3n) is 7.53. The maximum absolute atomic E-state index is 12.5. The fourth-order valence-electron chi connectivity index (χ4n) is 5.09. The van der Waals surface area contributed by atoms with Crippen molar-refractivity contribution in [3.05, 3.63) is 89.5 Å². The van der Waals surface area contributed by atoms with E-state index in [1.807, 2.05) is 48.5 Å². The smallest absolute Gasteiger partial charge is 0.338 e. The molecule has 0 aliphatic carbocycles. The monoisotopic (exact) mass is 525 g/mol. The standard InChI is InChI=1S/C33H39N3O3/c1-8-9-14-19-32(4,5)25-20-23(39-31(38)22(2)3)21-26(30(25)37)33(6,7)24-15-10-13-18-29(24)36-34-27-16-11-12-17-28(27)35-36/h10-13,15-18,20-21,37H,2,8-9,14,19H2,1,3-7H3. The van der Waals surface area contributed by atoms with Gasteiger partial charge in [0.2, 0.25) is 0 Å². The molecule has 1 aromatic heterocycles. The molecule has 0 radical (unpaired) electrons. The fourth-order valence-corrected chi connectivity index (χ4v) is 5.09. The van der Waals surface area contributed by atoms with Crippen molar-refractivity contribution in [2.24, 2.45) is 0 Å². The number of carbonyl (C=O) groups is 1. The van der Waals surface area contributed by atoms with Crippen LogP contribution in [0.1, 0.15) is 83.9 Å². The maximum Gasteiger partial charge on any atom is 0.338 e. The Labute approximate surface area is 231 Å². The molecule has 0 amide bonds. The Kier molecular flexibility index (Phi) is 7.96. The average Bonchev–Trinajstić information content (AvgIpc) is 3.33. The zero-order valence-corrected chi connectivity index (χ0v) is 23.9. The number of aromatic nitrogens is 3. The van der Waals surface area contributed by atoms with Gasteiger partial charge in [0.05, 0.1) is 5.69 Å². The van der Waals surface area contributed by atoms with Crippen molar-refractivity contribution in [1.29, 1.82) is 0 Å². The fraction of sp³-hybridized carbons (Fsp3) is 0.364. The van der Waals surface area contributed by atoms with Gasteiger partial charge in [-0.1, -0.05) is 90.8 Å². The Balaban J connectivity index is 1.88. The summed E-state index contributed by atoms with van der Waals surface area (Å²) in [6, 6.07) is 19.3. The molecule has 39 heavy (non-hydrogen) atoms. The second-order valence-electron chi connectivity index (χ2n) is 11.5. The Morgan fingerprint density at radius 3 is 2.13 bits per heavy atom. The van der Waals surface area contributed by atoms with Crippen LogP contribution in [-0.4, -0.2) is 26.1 Å². The first-order valence-corrected chi connectivity index (χ1v) is 13.6. The Morgan fingerprint density at radius 2 is 1.51 bits per heavy atom. The number of para-hydroxylation sites is 1. The number of rotatable bonds is 10. The van der Waals surface area contributed by atoms with Crippen LogP contribution in [0.15, 0.2) is 72.8 Å². The van der Waals surface area contributed by atoms with Crippen molar-refractivity contribution < 1.29 is 14.6 Å². The summed E-state index contributed by atoms with van der Waals surface area (Å²) in [7, 11) is 0. The van der Waals surface area contributed by atoms with E-state index in [2.05, 4.69) is 41.2 Å². The summed E-state index contributed by atoms with van der Waals surface area (Å²) in [5, 5.41) is 21.2. The van der Waals surface area contributed by atoms with E-state index in [4.69, 9.17) is 14.9 Å². The second kappa shape index (κ2) is 11.0. The first-order valence-electron chi connectivity index (χ1n) is 13.6. The summed E-state index contributed by atoms with van der Waals surface area (Å²) in [6.07, 6.45) is 4.17. The number of phenols is 1. The van der Waals surface area contributed by atoms with Gasteiger partial charge in [-0.25, -0.2) is 4.79 Å². The van der Waals surface area contributed by atoms with Gasteiger partial charge in [-0.2, -0.15) is 4.80 Å². The van der Waals surface area contributed by atoms with Crippen molar-refractivity contribution in [3.8, 4) is 17.2 Å². The second-order valence-corrected chi connectivity index (χ2v) is 11.5. The zero-order valence-electron chi connectivity index (χ0n) is 23.9. The van der Waals surface area contributed by atoms with Crippen molar-refractivity contribution in [3.63, 3.8) is 0 Å². The molecule has 0 bridgehead atoms. The van der Waals surface area contributed by atoms with Crippen molar-refractivity contribution >= 4 is 17.0 Å². The zero-order chi connectivity index (χ0) is 28.4. The summed E-state index contributed by atoms with van der Waals surface area (Å²) in [5.41, 5.74) is 4.05. The first-order chi connectivity index (χ1) is 18.5. The first kappa shape index (κ1) is 28.1. The number of hydrogen-bond donors (Lipinski definition) is 1. The molecule has 4 rings (SSSR count). The summed E-state index contributed by atoms with van der Waals surface area (Å²) in [6.45, 7) is 15.9. The lowest BCUT2D eigenvalue weighted by molar-refractivity contribution is -0.130. The molecule has 0 fully saturated rings. The summed E-state index contributed by atoms with van der Waals surface area (Å²) < 4.78 is 5.74. The summed E-state index contributed by atoms with van der Waals surface area (Å²) in [4.78, 5) is 14.2. The lowest BCUT2D eigenvalue weighted by Crippen LogP contribution is -2.25. The van der Waals surface area contributed by atoms with Gasteiger partial charge in [0.25, 0.3) is 0 Å².